The molecule has 138 valence electrons. The molecule has 4 aliphatic rings. The third kappa shape index (κ3) is 3.23. The van der Waals surface area contributed by atoms with Crippen LogP contribution in [0, 0.1) is 12.3 Å². The lowest BCUT2D eigenvalue weighted by atomic mass is 9.74. The molecule has 5 nitrogen and oxygen atoms in total. The second-order valence-electron chi connectivity index (χ2n) is 8.56. The first kappa shape index (κ1) is 16.8. The van der Waals surface area contributed by atoms with Crippen LogP contribution in [0.2, 0.25) is 0 Å². The van der Waals surface area contributed by atoms with E-state index in [0.717, 1.165) is 5.56 Å². The topological polar surface area (TPSA) is 38.0 Å². The molecule has 0 aromatic heterocycles. The molecule has 0 atom stereocenters. The Morgan fingerprint density at radius 2 is 1.44 bits per heavy atom. The van der Waals surface area contributed by atoms with Crippen LogP contribution in [-0.4, -0.2) is 51.6 Å². The zero-order valence-corrected chi connectivity index (χ0v) is 15.9. The average molecular weight is 363 g/mol. The van der Waals surface area contributed by atoms with E-state index < -0.39 is 0 Å². The van der Waals surface area contributed by atoms with Crippen molar-refractivity contribution in [3.05, 3.63) is 71.3 Å². The average Bonchev–Trinajstić information content (AvgIpc) is 2.66. The highest BCUT2D eigenvalue weighted by Crippen LogP contribution is 2.23. The van der Waals surface area contributed by atoms with Crippen molar-refractivity contribution in [2.24, 2.45) is 15.6 Å². The predicted octanol–water partition coefficient (Wildman–Crippen LogP) is -1.63. The highest BCUT2D eigenvalue weighted by atomic mass is 15.5. The molecule has 0 saturated carbocycles. The summed E-state index contributed by atoms with van der Waals surface area (Å²) in [5.41, 5.74) is 4.90. The Hall–Kier alpha value is -2.34. The molecule has 0 aliphatic carbocycles. The van der Waals surface area contributed by atoms with Crippen molar-refractivity contribution in [3.8, 4) is 0 Å². The molecule has 5 heteroatoms. The summed E-state index contributed by atoms with van der Waals surface area (Å²) in [6, 6.07) is 19.1. The van der Waals surface area contributed by atoms with Gasteiger partial charge in [0, 0.05) is 0 Å². The molecule has 0 amide bonds. The largest absolute Gasteiger partial charge is 0.241 e. The van der Waals surface area contributed by atoms with Gasteiger partial charge in [-0.3, -0.25) is 0 Å². The lowest BCUT2D eigenvalue weighted by Crippen LogP contribution is -3.56. The minimum Gasteiger partial charge on any atom is -0.241 e. The highest BCUT2D eigenvalue weighted by Gasteiger charge is 2.60. The van der Waals surface area contributed by atoms with Crippen molar-refractivity contribution in [2.75, 3.05) is 39.6 Å². The van der Waals surface area contributed by atoms with Gasteiger partial charge in [-0.15, -0.1) is 0 Å². The minimum absolute atomic E-state index is 0.140. The first-order chi connectivity index (χ1) is 13.2. The van der Waals surface area contributed by atoms with Gasteiger partial charge in [-0.2, -0.15) is 10.2 Å². The molecule has 4 aliphatic heterocycles. The van der Waals surface area contributed by atoms with E-state index in [9.17, 15) is 0 Å². The van der Waals surface area contributed by atoms with E-state index in [0.29, 0.717) is 0 Å². The van der Waals surface area contributed by atoms with E-state index in [1.54, 1.807) is 14.7 Å². The Labute approximate surface area is 160 Å². The number of nitrogens with one attached hydrogen (secondary N) is 3. The van der Waals surface area contributed by atoms with Gasteiger partial charge >= 0.3 is 0 Å². The van der Waals surface area contributed by atoms with E-state index in [1.165, 1.54) is 56.5 Å². The van der Waals surface area contributed by atoms with E-state index in [4.69, 9.17) is 5.10 Å². The number of hydrogen-bond acceptors (Lipinski definition) is 2. The number of benzene rings is 2. The molecule has 6 rings (SSSR count). The van der Waals surface area contributed by atoms with Crippen molar-refractivity contribution >= 4 is 11.9 Å². The summed E-state index contributed by atoms with van der Waals surface area (Å²) in [6.07, 6.45) is 1.89. The second-order valence-corrected chi connectivity index (χ2v) is 8.56. The molecule has 0 unspecified atom stereocenters. The van der Waals surface area contributed by atoms with Crippen LogP contribution in [0.3, 0.4) is 0 Å². The smallest absolute Gasteiger partial charge is 0.213 e. The van der Waals surface area contributed by atoms with Crippen LogP contribution in [0.1, 0.15) is 16.7 Å². The molecule has 2 aromatic carbocycles. The van der Waals surface area contributed by atoms with Gasteiger partial charge in [0.2, 0.25) is 20.0 Å². The number of aryl methyl sites for hydroxylation is 1. The number of hydrogen-bond donors (Lipinski definition) is 3. The summed E-state index contributed by atoms with van der Waals surface area (Å²) in [5.74, 6) is 0. The molecule has 0 radical (unpaired) electrons. The summed E-state index contributed by atoms with van der Waals surface area (Å²) < 4.78 is 0. The van der Waals surface area contributed by atoms with Gasteiger partial charge in [-0.05, 0) is 18.1 Å². The number of nitrogens with zero attached hydrogens (tertiary/aromatic N) is 2. The third-order valence-electron chi connectivity index (χ3n) is 6.26. The van der Waals surface area contributed by atoms with Gasteiger partial charge in [0.25, 0.3) is 0 Å². The molecular weight excluding hydrogens is 334 g/mol. The second kappa shape index (κ2) is 6.68. The molecule has 4 fully saturated rings. The van der Waals surface area contributed by atoms with E-state index in [1.807, 2.05) is 6.21 Å². The monoisotopic (exact) mass is 362 g/mol. The Morgan fingerprint density at radius 1 is 0.852 bits per heavy atom. The van der Waals surface area contributed by atoms with Gasteiger partial charge in [-0.1, -0.05) is 60.2 Å². The van der Waals surface area contributed by atoms with Crippen LogP contribution in [0.4, 0.5) is 0 Å². The molecule has 27 heavy (non-hydrogen) atoms. The molecule has 2 aromatic rings. The first-order valence-corrected chi connectivity index (χ1v) is 9.95. The summed E-state index contributed by atoms with van der Waals surface area (Å²) in [6.45, 7) is 9.46. The van der Waals surface area contributed by atoms with Crippen LogP contribution < -0.4 is 14.7 Å². The quantitative estimate of drug-likeness (QED) is 0.432. The first-order valence-electron chi connectivity index (χ1n) is 9.95. The number of rotatable bonds is 4. The highest BCUT2D eigenvalue weighted by molar-refractivity contribution is 6.05. The van der Waals surface area contributed by atoms with Crippen molar-refractivity contribution in [1.29, 1.82) is 0 Å². The Kier molecular flexibility index (Phi) is 4.16. The van der Waals surface area contributed by atoms with Crippen molar-refractivity contribution in [2.45, 2.75) is 6.92 Å². The van der Waals surface area contributed by atoms with Crippen molar-refractivity contribution < 1.29 is 14.7 Å². The van der Waals surface area contributed by atoms with Gasteiger partial charge in [-0.25, -0.2) is 14.7 Å². The Morgan fingerprint density at radius 3 is 2.04 bits per heavy atom. The fourth-order valence-corrected chi connectivity index (χ4v) is 5.37. The van der Waals surface area contributed by atoms with Crippen molar-refractivity contribution in [3.63, 3.8) is 0 Å². The normalized spacial score (nSPS) is 32.3. The Balaban J connectivity index is 1.51. The summed E-state index contributed by atoms with van der Waals surface area (Å²) >= 11 is 0. The van der Waals surface area contributed by atoms with Crippen LogP contribution in [-0.2, 0) is 0 Å². The van der Waals surface area contributed by atoms with Gasteiger partial charge in [0.05, 0.1) is 11.9 Å². The fraction of sp³-hybridized carbons (Fsp3) is 0.364. The summed E-state index contributed by atoms with van der Waals surface area (Å²) in [4.78, 5) is 5.15. The zero-order valence-electron chi connectivity index (χ0n) is 15.9. The predicted molar refractivity (Wildman–Crippen MR) is 106 cm³/mol. The SMILES string of the molecule is Cc1ccc(/C=N\N=C(/c2ccccc2)C23C[NH+]4C[NH+](C[NH+](C4)C2)C3)cc1. The van der Waals surface area contributed by atoms with Crippen LogP contribution in [0.25, 0.3) is 0 Å². The third-order valence-corrected chi connectivity index (χ3v) is 6.26. The maximum Gasteiger partial charge on any atom is 0.213 e. The molecule has 0 spiro atoms. The maximum atomic E-state index is 4.85. The molecule has 4 heterocycles. The lowest BCUT2D eigenvalue weighted by Gasteiger charge is -2.52. The molecular formula is C22H28N5+3. The minimum atomic E-state index is 0.140. The summed E-state index contributed by atoms with van der Waals surface area (Å²) in [7, 11) is 0. The summed E-state index contributed by atoms with van der Waals surface area (Å²) in [5, 5.41) is 9.39. The van der Waals surface area contributed by atoms with Crippen molar-refractivity contribution in [1.82, 2.24) is 0 Å². The maximum absolute atomic E-state index is 4.85. The fourth-order valence-electron chi connectivity index (χ4n) is 5.37. The van der Waals surface area contributed by atoms with Crippen LogP contribution >= 0.6 is 0 Å². The zero-order chi connectivity index (χ0) is 18.3. The molecule has 4 saturated heterocycles. The lowest BCUT2D eigenvalue weighted by molar-refractivity contribution is -1.30. The standard InChI is InChI=1S/C22H25N5/c1-18-7-9-19(10-8-18)11-23-24-21(20-5-3-2-4-6-20)22-12-25-15-26(13-22)17-27(14-22)16-25/h2-11H,12-17H2,1H3/p+3/b23-11-,24-21+. The number of quaternary nitrogens is 3. The van der Waals surface area contributed by atoms with Crippen LogP contribution in [0.15, 0.2) is 64.8 Å². The van der Waals surface area contributed by atoms with Crippen LogP contribution in [0.5, 0.6) is 0 Å². The van der Waals surface area contributed by atoms with Gasteiger partial charge in [0.15, 0.2) is 5.41 Å². The van der Waals surface area contributed by atoms with Gasteiger partial charge < -0.3 is 0 Å². The Bertz CT molecular complexity index is 834. The molecule has 3 N–H and O–H groups in total. The van der Waals surface area contributed by atoms with E-state index in [2.05, 4.69) is 66.6 Å². The van der Waals surface area contributed by atoms with E-state index >= 15 is 0 Å². The van der Waals surface area contributed by atoms with E-state index in [-0.39, 0.29) is 5.41 Å². The van der Waals surface area contributed by atoms with Gasteiger partial charge in [0.1, 0.15) is 19.6 Å². The molecule has 4 bridgehead atoms.